The van der Waals surface area contributed by atoms with E-state index in [2.05, 4.69) is 57.2 Å². The molecule has 0 unspecified atom stereocenters. The van der Waals surface area contributed by atoms with Gasteiger partial charge in [-0.2, -0.15) is 0 Å². The number of hydrogen-bond donors (Lipinski definition) is 1. The van der Waals surface area contributed by atoms with Crippen molar-refractivity contribution in [2.75, 3.05) is 0 Å². The molecule has 0 saturated carbocycles. The van der Waals surface area contributed by atoms with Crippen LogP contribution in [0.3, 0.4) is 0 Å². The molecule has 1 nitrogen and oxygen atoms in total. The van der Waals surface area contributed by atoms with E-state index in [0.717, 1.165) is 0 Å². The van der Waals surface area contributed by atoms with Crippen LogP contribution in [0.15, 0.2) is 36.5 Å². The Balaban J connectivity index is 0. The van der Waals surface area contributed by atoms with Crippen molar-refractivity contribution in [2.45, 2.75) is 366 Å². The molecule has 0 aliphatic rings. The Bertz CT molecular complexity index is 870. The minimum absolute atomic E-state index is 0. The summed E-state index contributed by atoms with van der Waals surface area (Å²) >= 11 is 7.56. The van der Waals surface area contributed by atoms with Gasteiger partial charge in [-0.25, -0.2) is 0 Å². The Labute approximate surface area is 418 Å². The number of rotatable bonds is 56. The summed E-state index contributed by atoms with van der Waals surface area (Å²) < 4.78 is 0. The van der Waals surface area contributed by atoms with Crippen LogP contribution in [0.4, 0.5) is 0 Å². The highest BCUT2D eigenvalue weighted by Gasteiger charge is 2.25. The zero-order chi connectivity index (χ0) is 46.2. The zero-order valence-corrected chi connectivity index (χ0v) is 46.3. The number of unbranched alkanes of at least 4 members (excludes halogenated alkanes) is 44. The molecule has 0 aromatic carbocycles. The first-order valence-corrected chi connectivity index (χ1v) is 30.7. The minimum Gasteiger partial charge on any atom is -0.344 e. The monoisotopic (exact) mass is 930 g/mol. The van der Waals surface area contributed by atoms with Crippen molar-refractivity contribution in [3.8, 4) is 0 Å². The highest BCUT2D eigenvalue weighted by Crippen LogP contribution is 2.35. The first-order valence-electron chi connectivity index (χ1n) is 30.3. The van der Waals surface area contributed by atoms with Gasteiger partial charge < -0.3 is 6.15 Å². The van der Waals surface area contributed by atoms with Crippen LogP contribution >= 0.6 is 11.6 Å². The minimum atomic E-state index is 0. The molecule has 3 N–H and O–H groups in total. The molecule has 0 aromatic heterocycles. The molecule has 0 rings (SSSR count). The van der Waals surface area contributed by atoms with Gasteiger partial charge in [-0.1, -0.05) is 301 Å². The molecule has 0 saturated heterocycles. The van der Waals surface area contributed by atoms with Crippen LogP contribution < -0.4 is 6.15 Å². The van der Waals surface area contributed by atoms with E-state index < -0.39 is 0 Å². The van der Waals surface area contributed by atoms with E-state index in [0.29, 0.717) is 0 Å². The normalized spacial score (nSPS) is 12.2. The zero-order valence-electron chi connectivity index (χ0n) is 45.5. The summed E-state index contributed by atoms with van der Waals surface area (Å²) in [6.45, 7) is 6.91. The standard InChI is InChI=1S/C63H121Cl.H3N/c1-4-7-10-13-16-19-22-25-28-31-33-35-37-40-43-46-49-52-55-58-61-63(64,60-57-54-51-48-45-42-39-30-27-24-21-18-15-12-9-6-3)62-59-56-53-50-47-44-41-38-36-34-32-29-26-23-20-17-14-11-8-5-2;/h25-30H,4-24,31-62H2,1-3H3;1H3/b28-25-,29-26-,30-27-;. The van der Waals surface area contributed by atoms with Gasteiger partial charge in [0.25, 0.3) is 0 Å². The van der Waals surface area contributed by atoms with E-state index in [1.807, 2.05) is 0 Å². The predicted octanol–water partition coefficient (Wildman–Crippen LogP) is 24.5. The quantitative estimate of drug-likeness (QED) is 0.0368. The fourth-order valence-electron chi connectivity index (χ4n) is 9.86. The second-order valence-electron chi connectivity index (χ2n) is 21.0. The van der Waals surface area contributed by atoms with Gasteiger partial charge in [0.2, 0.25) is 0 Å². The molecular formula is C63H124ClN. The van der Waals surface area contributed by atoms with Crippen LogP contribution in [0, 0.1) is 0 Å². The van der Waals surface area contributed by atoms with Crippen LogP contribution in [-0.4, -0.2) is 4.87 Å². The molecule has 0 aromatic rings. The highest BCUT2D eigenvalue weighted by molar-refractivity contribution is 6.23. The average Bonchev–Trinajstić information content (AvgIpc) is 3.30. The third kappa shape index (κ3) is 57.7. The molecule has 65 heavy (non-hydrogen) atoms. The Morgan fingerprint density at radius 2 is 0.354 bits per heavy atom. The van der Waals surface area contributed by atoms with Gasteiger partial charge in [0.15, 0.2) is 0 Å². The topological polar surface area (TPSA) is 35.0 Å². The van der Waals surface area contributed by atoms with Crippen LogP contribution in [0.5, 0.6) is 0 Å². The molecule has 388 valence electrons. The first-order chi connectivity index (χ1) is 31.7. The summed E-state index contributed by atoms with van der Waals surface area (Å²) in [5.74, 6) is 0. The molecule has 0 bridgehead atoms. The Hall–Kier alpha value is -0.530. The van der Waals surface area contributed by atoms with E-state index in [9.17, 15) is 0 Å². The maximum Gasteiger partial charge on any atom is 0.0446 e. The third-order valence-corrected chi connectivity index (χ3v) is 15.0. The lowest BCUT2D eigenvalue weighted by Crippen LogP contribution is -2.21. The van der Waals surface area contributed by atoms with Crippen molar-refractivity contribution in [2.24, 2.45) is 0 Å². The summed E-state index contributed by atoms with van der Waals surface area (Å²) in [5, 5.41) is 0. The lowest BCUT2D eigenvalue weighted by molar-refractivity contribution is 0.394. The maximum absolute atomic E-state index is 7.56. The lowest BCUT2D eigenvalue weighted by Gasteiger charge is -2.27. The van der Waals surface area contributed by atoms with E-state index >= 15 is 0 Å². The average molecular weight is 931 g/mol. The van der Waals surface area contributed by atoms with E-state index in [4.69, 9.17) is 11.6 Å². The first kappa shape index (κ1) is 66.6. The van der Waals surface area contributed by atoms with Gasteiger partial charge >= 0.3 is 0 Å². The van der Waals surface area contributed by atoms with Gasteiger partial charge in [0, 0.05) is 4.87 Å². The second-order valence-corrected chi connectivity index (χ2v) is 21.8. The van der Waals surface area contributed by atoms with Gasteiger partial charge in [-0.05, 0) is 96.3 Å². The van der Waals surface area contributed by atoms with Crippen LogP contribution in [0.2, 0.25) is 0 Å². The molecule has 0 atom stereocenters. The van der Waals surface area contributed by atoms with Crippen LogP contribution in [0.25, 0.3) is 0 Å². The van der Waals surface area contributed by atoms with Crippen LogP contribution in [0.1, 0.15) is 361 Å². The van der Waals surface area contributed by atoms with Crippen molar-refractivity contribution < 1.29 is 0 Å². The van der Waals surface area contributed by atoms with Gasteiger partial charge in [-0.3, -0.25) is 0 Å². The molecule has 0 radical (unpaired) electrons. The molecule has 2 heteroatoms. The summed E-state index contributed by atoms with van der Waals surface area (Å²) in [7, 11) is 0. The fraction of sp³-hybridized carbons (Fsp3) is 0.905. The maximum atomic E-state index is 7.56. The van der Waals surface area contributed by atoms with E-state index in [1.165, 1.54) is 340 Å². The Morgan fingerprint density at radius 1 is 0.215 bits per heavy atom. The van der Waals surface area contributed by atoms with E-state index in [-0.39, 0.29) is 11.0 Å². The highest BCUT2D eigenvalue weighted by atomic mass is 35.5. The molecule has 0 spiro atoms. The summed E-state index contributed by atoms with van der Waals surface area (Å²) in [5.41, 5.74) is 0. The molecular weight excluding hydrogens is 806 g/mol. The second kappa shape index (κ2) is 59.6. The molecule has 0 heterocycles. The Morgan fingerprint density at radius 3 is 0.523 bits per heavy atom. The third-order valence-electron chi connectivity index (χ3n) is 14.4. The number of allylic oxidation sites excluding steroid dienone is 6. The molecule has 0 fully saturated rings. The van der Waals surface area contributed by atoms with E-state index in [1.54, 1.807) is 0 Å². The SMILES string of the molecule is CCCCCCCC/C=C\CCCCCCCCCCCCC(Cl)(CCCCCCCC/C=C\CCCCCCCC)CCCCCCCCCCCC/C=C\CCCCCCCC.N. The number of hydrogen-bond acceptors (Lipinski definition) is 1. The van der Waals surface area contributed by atoms with Crippen LogP contribution in [-0.2, 0) is 0 Å². The molecule has 0 aliphatic carbocycles. The van der Waals surface area contributed by atoms with Crippen molar-refractivity contribution in [3.63, 3.8) is 0 Å². The van der Waals surface area contributed by atoms with Gasteiger partial charge in [0.1, 0.15) is 0 Å². The largest absolute Gasteiger partial charge is 0.344 e. The summed E-state index contributed by atoms with van der Waals surface area (Å²) in [6, 6.07) is 0. The molecule has 0 aliphatic heterocycles. The van der Waals surface area contributed by atoms with Crippen molar-refractivity contribution >= 4 is 11.6 Å². The fourth-order valence-corrected chi connectivity index (χ4v) is 10.3. The summed E-state index contributed by atoms with van der Waals surface area (Å²) in [6.07, 6.45) is 88.3. The Kier molecular flexibility index (Phi) is 61.0. The van der Waals surface area contributed by atoms with Gasteiger partial charge in [-0.15, -0.1) is 11.6 Å². The smallest absolute Gasteiger partial charge is 0.0446 e. The van der Waals surface area contributed by atoms with Gasteiger partial charge in [0.05, 0.1) is 0 Å². The van der Waals surface area contributed by atoms with Crippen molar-refractivity contribution in [1.29, 1.82) is 0 Å². The number of halogens is 1. The van der Waals surface area contributed by atoms with Crippen molar-refractivity contribution in [3.05, 3.63) is 36.5 Å². The number of alkyl halides is 1. The van der Waals surface area contributed by atoms with Crippen molar-refractivity contribution in [1.82, 2.24) is 6.15 Å². The molecule has 0 amide bonds. The predicted molar refractivity (Wildman–Crippen MR) is 303 cm³/mol. The lowest BCUT2D eigenvalue weighted by atomic mass is 9.88. The summed E-state index contributed by atoms with van der Waals surface area (Å²) in [4.78, 5) is 0.0632.